The molecule has 1 aliphatic rings. The first kappa shape index (κ1) is 22.6. The third kappa shape index (κ3) is 4.25. The van der Waals surface area contributed by atoms with Crippen LogP contribution in [-0.4, -0.2) is 19.0 Å². The second kappa shape index (κ2) is 9.61. The van der Waals surface area contributed by atoms with Gasteiger partial charge in [0.1, 0.15) is 0 Å². The van der Waals surface area contributed by atoms with Crippen molar-refractivity contribution in [3.05, 3.63) is 136 Å². The lowest BCUT2D eigenvalue weighted by molar-refractivity contribution is -0.113. The van der Waals surface area contributed by atoms with E-state index in [1.807, 2.05) is 84.9 Å². The number of ether oxygens (including phenoxy) is 1. The Morgan fingerprint density at radius 2 is 1.51 bits per heavy atom. The Hall–Kier alpha value is -4.15. The van der Waals surface area contributed by atoms with E-state index in [1.165, 1.54) is 7.11 Å². The largest absolute Gasteiger partial charge is 0.465 e. The molecule has 4 aromatic carbocycles. The summed E-state index contributed by atoms with van der Waals surface area (Å²) in [7, 11) is 1.35. The van der Waals surface area contributed by atoms with Gasteiger partial charge in [0.2, 0.25) is 0 Å². The molecule has 0 bridgehead atoms. The summed E-state index contributed by atoms with van der Waals surface area (Å²) >= 11 is 6.65. The first-order valence-corrected chi connectivity index (χ1v) is 11.6. The van der Waals surface area contributed by atoms with E-state index in [1.54, 1.807) is 23.1 Å². The van der Waals surface area contributed by atoms with Crippen molar-refractivity contribution >= 4 is 40.3 Å². The number of rotatable bonds is 5. The number of nitrogens with zero attached hydrogens (tertiary/aromatic N) is 1. The predicted molar refractivity (Wildman–Crippen MR) is 139 cm³/mol. The topological polar surface area (TPSA) is 46.6 Å². The standard InChI is InChI=1S/C30H22ClNO3/c1-35-30(34)22-13-9-10-20(18-22)19-32-26-17-8-6-15-24(26)28(29(32)33)27(21-11-3-2-4-12-21)23-14-5-7-16-25(23)31/h2-18H,19H2,1H3. The first-order valence-electron chi connectivity index (χ1n) is 11.2. The number of carbonyl (C=O) groups is 2. The van der Waals surface area contributed by atoms with Gasteiger partial charge in [0.05, 0.1) is 30.5 Å². The van der Waals surface area contributed by atoms with Gasteiger partial charge >= 0.3 is 5.97 Å². The third-order valence-electron chi connectivity index (χ3n) is 6.07. The molecule has 35 heavy (non-hydrogen) atoms. The SMILES string of the molecule is COC(=O)c1cccc(CN2C(=O)C(=C(c3ccccc3)c3ccccc3Cl)c3ccccc32)c1. The fraction of sp³-hybridized carbons (Fsp3) is 0.0667. The summed E-state index contributed by atoms with van der Waals surface area (Å²) in [4.78, 5) is 27.9. The molecule has 0 atom stereocenters. The second-order valence-electron chi connectivity index (χ2n) is 8.20. The van der Waals surface area contributed by atoms with Crippen molar-refractivity contribution < 1.29 is 14.3 Å². The van der Waals surface area contributed by atoms with Crippen molar-refractivity contribution in [1.82, 2.24) is 0 Å². The highest BCUT2D eigenvalue weighted by Gasteiger charge is 2.35. The molecule has 0 spiro atoms. The van der Waals surface area contributed by atoms with Gasteiger partial charge in [-0.2, -0.15) is 0 Å². The van der Waals surface area contributed by atoms with Crippen molar-refractivity contribution in [3.8, 4) is 0 Å². The molecule has 0 fully saturated rings. The normalized spacial score (nSPS) is 14.0. The summed E-state index contributed by atoms with van der Waals surface area (Å²) in [6, 6.07) is 32.3. The van der Waals surface area contributed by atoms with Gasteiger partial charge in [-0.3, -0.25) is 4.79 Å². The minimum absolute atomic E-state index is 0.117. The summed E-state index contributed by atoms with van der Waals surface area (Å²) < 4.78 is 4.86. The highest BCUT2D eigenvalue weighted by molar-refractivity contribution is 6.40. The van der Waals surface area contributed by atoms with Crippen LogP contribution in [0.3, 0.4) is 0 Å². The van der Waals surface area contributed by atoms with Crippen molar-refractivity contribution in [1.29, 1.82) is 0 Å². The fourth-order valence-corrected chi connectivity index (χ4v) is 4.71. The average Bonchev–Trinajstić information content (AvgIpc) is 3.17. The number of hydrogen-bond donors (Lipinski definition) is 0. The van der Waals surface area contributed by atoms with Crippen LogP contribution < -0.4 is 4.90 Å². The first-order chi connectivity index (χ1) is 17.1. The molecule has 0 N–H and O–H groups in total. The lowest BCUT2D eigenvalue weighted by Crippen LogP contribution is -2.26. The summed E-state index contributed by atoms with van der Waals surface area (Å²) in [6.07, 6.45) is 0. The maximum Gasteiger partial charge on any atom is 0.337 e. The number of anilines is 1. The molecular weight excluding hydrogens is 458 g/mol. The molecule has 5 heteroatoms. The van der Waals surface area contributed by atoms with Gasteiger partial charge in [0.25, 0.3) is 5.91 Å². The van der Waals surface area contributed by atoms with E-state index in [9.17, 15) is 9.59 Å². The number of carbonyl (C=O) groups excluding carboxylic acids is 2. The van der Waals surface area contributed by atoms with Crippen LogP contribution in [0, 0.1) is 0 Å². The van der Waals surface area contributed by atoms with Gasteiger partial charge in [-0.1, -0.05) is 90.5 Å². The quantitative estimate of drug-likeness (QED) is 0.238. The number of fused-ring (bicyclic) bond motifs is 1. The Balaban J connectivity index is 1.68. The Morgan fingerprint density at radius 1 is 0.829 bits per heavy atom. The maximum atomic E-state index is 14.1. The zero-order valence-electron chi connectivity index (χ0n) is 19.1. The van der Waals surface area contributed by atoms with E-state index in [0.717, 1.165) is 33.5 Å². The summed E-state index contributed by atoms with van der Waals surface area (Å²) in [5.41, 5.74) is 6.04. The molecule has 0 radical (unpaired) electrons. The predicted octanol–water partition coefficient (Wildman–Crippen LogP) is 6.63. The van der Waals surface area contributed by atoms with Crippen molar-refractivity contribution in [2.24, 2.45) is 0 Å². The molecule has 0 aliphatic carbocycles. The Morgan fingerprint density at radius 3 is 2.29 bits per heavy atom. The molecule has 0 saturated carbocycles. The molecule has 172 valence electrons. The van der Waals surface area contributed by atoms with Crippen LogP contribution in [0.15, 0.2) is 103 Å². The van der Waals surface area contributed by atoms with Gasteiger partial charge in [-0.15, -0.1) is 0 Å². The average molecular weight is 480 g/mol. The van der Waals surface area contributed by atoms with E-state index in [0.29, 0.717) is 22.7 Å². The molecule has 1 amide bonds. The van der Waals surface area contributed by atoms with E-state index in [2.05, 4.69) is 0 Å². The Labute approximate surface area is 209 Å². The number of benzene rings is 4. The fourth-order valence-electron chi connectivity index (χ4n) is 4.48. The highest BCUT2D eigenvalue weighted by Crippen LogP contribution is 2.44. The van der Waals surface area contributed by atoms with Gasteiger partial charge in [0.15, 0.2) is 0 Å². The number of para-hydroxylation sites is 1. The van der Waals surface area contributed by atoms with Gasteiger partial charge in [-0.05, 0) is 35.4 Å². The Kier molecular flexibility index (Phi) is 6.21. The minimum atomic E-state index is -0.411. The number of esters is 1. The lowest BCUT2D eigenvalue weighted by atomic mass is 9.90. The molecule has 0 aromatic heterocycles. The number of amides is 1. The highest BCUT2D eigenvalue weighted by atomic mass is 35.5. The van der Waals surface area contributed by atoms with Crippen molar-refractivity contribution in [2.75, 3.05) is 12.0 Å². The number of halogens is 1. The van der Waals surface area contributed by atoms with Crippen LogP contribution in [0.1, 0.15) is 32.6 Å². The van der Waals surface area contributed by atoms with Crippen LogP contribution in [0.25, 0.3) is 11.1 Å². The van der Waals surface area contributed by atoms with Crippen LogP contribution in [0.5, 0.6) is 0 Å². The zero-order chi connectivity index (χ0) is 24.4. The van der Waals surface area contributed by atoms with E-state index in [4.69, 9.17) is 16.3 Å². The van der Waals surface area contributed by atoms with Crippen LogP contribution in [0.2, 0.25) is 5.02 Å². The van der Waals surface area contributed by atoms with Gasteiger partial charge in [-0.25, -0.2) is 4.79 Å². The lowest BCUT2D eigenvalue weighted by Gasteiger charge is -2.18. The molecular formula is C30H22ClNO3. The summed E-state index contributed by atoms with van der Waals surface area (Å²) in [5, 5.41) is 0.577. The van der Waals surface area contributed by atoms with Crippen LogP contribution >= 0.6 is 11.6 Å². The third-order valence-corrected chi connectivity index (χ3v) is 6.40. The monoisotopic (exact) mass is 479 g/mol. The van der Waals surface area contributed by atoms with Crippen molar-refractivity contribution in [3.63, 3.8) is 0 Å². The van der Waals surface area contributed by atoms with Gasteiger partial charge in [0, 0.05) is 21.7 Å². The van der Waals surface area contributed by atoms with Crippen molar-refractivity contribution in [2.45, 2.75) is 6.54 Å². The van der Waals surface area contributed by atoms with Crippen LogP contribution in [0.4, 0.5) is 5.69 Å². The molecule has 0 unspecified atom stereocenters. The smallest absolute Gasteiger partial charge is 0.337 e. The maximum absolute atomic E-state index is 14.1. The zero-order valence-corrected chi connectivity index (χ0v) is 19.8. The molecule has 0 saturated heterocycles. The molecule has 5 rings (SSSR count). The molecule has 4 aromatic rings. The second-order valence-corrected chi connectivity index (χ2v) is 8.60. The molecule has 1 heterocycles. The van der Waals surface area contributed by atoms with Crippen LogP contribution in [-0.2, 0) is 16.1 Å². The van der Waals surface area contributed by atoms with Gasteiger partial charge < -0.3 is 9.64 Å². The van der Waals surface area contributed by atoms with E-state index in [-0.39, 0.29) is 5.91 Å². The van der Waals surface area contributed by atoms with E-state index >= 15 is 0 Å². The molecule has 4 nitrogen and oxygen atoms in total. The molecule has 1 aliphatic heterocycles. The number of hydrogen-bond acceptors (Lipinski definition) is 3. The summed E-state index contributed by atoms with van der Waals surface area (Å²) in [5.74, 6) is -0.529. The van der Waals surface area contributed by atoms with E-state index < -0.39 is 5.97 Å². The summed E-state index contributed by atoms with van der Waals surface area (Å²) in [6.45, 7) is 0.314. The minimum Gasteiger partial charge on any atom is -0.465 e. The Bertz CT molecular complexity index is 1460. The number of methoxy groups -OCH3 is 1.